The number of hydrogen-bond donors (Lipinski definition) is 2. The number of fused-ring (bicyclic) bond motifs is 1. The molecular formula is C20H28N2O5. The van der Waals surface area contributed by atoms with Gasteiger partial charge in [0.1, 0.15) is 6.61 Å². The summed E-state index contributed by atoms with van der Waals surface area (Å²) in [5.41, 5.74) is 2.91. The van der Waals surface area contributed by atoms with Gasteiger partial charge in [-0.15, -0.1) is 0 Å². The molecule has 1 amide bonds. The average Bonchev–Trinajstić information content (AvgIpc) is 2.96. The minimum Gasteiger partial charge on any atom is -0.465 e. The molecule has 2 aliphatic heterocycles. The predicted octanol–water partition coefficient (Wildman–Crippen LogP) is 2.41. The molecule has 0 saturated carbocycles. The molecule has 0 radical (unpaired) electrons. The van der Waals surface area contributed by atoms with Crippen molar-refractivity contribution in [3.63, 3.8) is 0 Å². The fraction of sp³-hybridized carbons (Fsp3) is 0.600. The van der Waals surface area contributed by atoms with Crippen LogP contribution in [0.15, 0.2) is 12.1 Å². The highest BCUT2D eigenvalue weighted by atomic mass is 16.5. The van der Waals surface area contributed by atoms with Gasteiger partial charge in [0.25, 0.3) is 0 Å². The molecule has 2 atom stereocenters. The Kier molecular flexibility index (Phi) is 5.18. The van der Waals surface area contributed by atoms with E-state index in [0.717, 1.165) is 16.7 Å². The highest BCUT2D eigenvalue weighted by Gasteiger charge is 2.38. The highest BCUT2D eigenvalue weighted by Crippen LogP contribution is 2.31. The largest absolute Gasteiger partial charge is 0.465 e. The van der Waals surface area contributed by atoms with E-state index in [9.17, 15) is 19.8 Å². The zero-order chi connectivity index (χ0) is 19.9. The summed E-state index contributed by atoms with van der Waals surface area (Å²) < 4.78 is 5.08. The summed E-state index contributed by atoms with van der Waals surface area (Å²) in [7, 11) is 0. The van der Waals surface area contributed by atoms with Gasteiger partial charge in [0.15, 0.2) is 0 Å². The van der Waals surface area contributed by atoms with E-state index in [1.54, 1.807) is 12.1 Å². The first-order valence-electron chi connectivity index (χ1n) is 9.29. The number of nitrogens with zero attached hydrogens (tertiary/aromatic N) is 2. The van der Waals surface area contributed by atoms with Crippen molar-refractivity contribution in [2.24, 2.45) is 5.41 Å². The van der Waals surface area contributed by atoms with Crippen LogP contribution in [0.2, 0.25) is 0 Å². The number of aliphatic hydroxyl groups is 1. The van der Waals surface area contributed by atoms with E-state index in [1.165, 1.54) is 4.90 Å². The number of carboxylic acid groups (broad SMARTS) is 1. The summed E-state index contributed by atoms with van der Waals surface area (Å²) in [6, 6.07) is 3.37. The Labute approximate surface area is 159 Å². The molecule has 148 valence electrons. The Morgan fingerprint density at radius 2 is 2.04 bits per heavy atom. The first kappa shape index (κ1) is 19.6. The molecule has 1 aromatic rings. The van der Waals surface area contributed by atoms with Gasteiger partial charge in [-0.05, 0) is 29.5 Å². The second-order valence-electron chi connectivity index (χ2n) is 8.52. The van der Waals surface area contributed by atoms with E-state index in [1.807, 2.05) is 27.7 Å². The Morgan fingerprint density at radius 3 is 2.67 bits per heavy atom. The molecule has 1 aromatic carbocycles. The lowest BCUT2D eigenvalue weighted by Gasteiger charge is -2.46. The van der Waals surface area contributed by atoms with Crippen molar-refractivity contribution >= 4 is 12.1 Å². The fourth-order valence-corrected chi connectivity index (χ4v) is 4.05. The van der Waals surface area contributed by atoms with Crippen LogP contribution in [-0.4, -0.2) is 64.3 Å². The van der Waals surface area contributed by atoms with Crippen LogP contribution in [-0.2, 0) is 11.3 Å². The number of carbonyl (C=O) groups is 2. The van der Waals surface area contributed by atoms with Crippen LogP contribution in [0.5, 0.6) is 0 Å². The monoisotopic (exact) mass is 376 g/mol. The number of cyclic esters (lactones) is 1. The lowest BCUT2D eigenvalue weighted by molar-refractivity contribution is 0.00490. The third kappa shape index (κ3) is 3.80. The number of piperazine rings is 1. The van der Waals surface area contributed by atoms with Crippen LogP contribution in [0, 0.1) is 12.3 Å². The van der Waals surface area contributed by atoms with Gasteiger partial charge >= 0.3 is 12.1 Å². The molecule has 7 nitrogen and oxygen atoms in total. The number of β-amino-alcohol motifs (C(OH)–C–C–N with tert-alkyl or cyclic N) is 1. The van der Waals surface area contributed by atoms with E-state index in [2.05, 4.69) is 4.90 Å². The maximum absolute atomic E-state index is 11.7. The second kappa shape index (κ2) is 7.13. The van der Waals surface area contributed by atoms with Crippen LogP contribution in [0.3, 0.4) is 0 Å². The summed E-state index contributed by atoms with van der Waals surface area (Å²) >= 11 is 0. The summed E-state index contributed by atoms with van der Waals surface area (Å²) in [4.78, 5) is 26.9. The van der Waals surface area contributed by atoms with Gasteiger partial charge in [-0.3, -0.25) is 4.90 Å². The number of hydrogen-bond acceptors (Lipinski definition) is 5. The van der Waals surface area contributed by atoms with Gasteiger partial charge in [-0.2, -0.15) is 0 Å². The topological polar surface area (TPSA) is 90.3 Å². The van der Waals surface area contributed by atoms with Crippen molar-refractivity contribution in [1.29, 1.82) is 0 Å². The SMILES string of the molecule is Cc1c([C@@H](O)CN2CCN(C(=O)O)C(C(C)(C)C)C2)ccc2c1COC2=O. The van der Waals surface area contributed by atoms with Crippen LogP contribution < -0.4 is 0 Å². The quantitative estimate of drug-likeness (QED) is 0.788. The summed E-state index contributed by atoms with van der Waals surface area (Å²) in [6.07, 6.45) is -1.60. The summed E-state index contributed by atoms with van der Waals surface area (Å²) in [6.45, 7) is 10.3. The van der Waals surface area contributed by atoms with Gasteiger partial charge in [0.05, 0.1) is 17.7 Å². The number of carbonyl (C=O) groups excluding carboxylic acids is 1. The van der Waals surface area contributed by atoms with Crippen molar-refractivity contribution in [1.82, 2.24) is 9.80 Å². The lowest BCUT2D eigenvalue weighted by Crippen LogP contribution is -2.59. The number of aliphatic hydroxyl groups excluding tert-OH is 1. The fourth-order valence-electron chi connectivity index (χ4n) is 4.05. The molecule has 27 heavy (non-hydrogen) atoms. The molecule has 0 aliphatic carbocycles. The van der Waals surface area contributed by atoms with Crippen molar-refractivity contribution < 1.29 is 24.5 Å². The number of benzene rings is 1. The van der Waals surface area contributed by atoms with Gasteiger partial charge in [0.2, 0.25) is 0 Å². The maximum Gasteiger partial charge on any atom is 0.407 e. The Bertz CT molecular complexity index is 755. The number of rotatable bonds is 3. The molecule has 2 aliphatic rings. The minimum absolute atomic E-state index is 0.136. The van der Waals surface area contributed by atoms with Crippen molar-refractivity contribution in [2.45, 2.75) is 46.4 Å². The third-order valence-corrected chi connectivity index (χ3v) is 5.71. The molecule has 0 bridgehead atoms. The molecule has 1 fully saturated rings. The second-order valence-corrected chi connectivity index (χ2v) is 8.52. The van der Waals surface area contributed by atoms with E-state index >= 15 is 0 Å². The maximum atomic E-state index is 11.7. The first-order chi connectivity index (χ1) is 12.6. The number of esters is 1. The molecule has 1 unspecified atom stereocenters. The lowest BCUT2D eigenvalue weighted by atomic mass is 9.84. The summed E-state index contributed by atoms with van der Waals surface area (Å²) in [5, 5.41) is 20.3. The van der Waals surface area contributed by atoms with Crippen molar-refractivity contribution in [3.05, 3.63) is 34.4 Å². The third-order valence-electron chi connectivity index (χ3n) is 5.71. The molecule has 3 rings (SSSR count). The van der Waals surface area contributed by atoms with E-state index in [0.29, 0.717) is 31.7 Å². The van der Waals surface area contributed by atoms with Gasteiger partial charge in [0, 0.05) is 31.7 Å². The van der Waals surface area contributed by atoms with Gasteiger partial charge in [-0.25, -0.2) is 9.59 Å². The minimum atomic E-state index is -0.894. The Morgan fingerprint density at radius 1 is 1.33 bits per heavy atom. The number of ether oxygens (including phenoxy) is 1. The van der Waals surface area contributed by atoms with Crippen LogP contribution >= 0.6 is 0 Å². The standard InChI is InChI=1S/C20H28N2O5/c1-12-13(5-6-14-15(12)11-27-18(14)24)16(23)9-21-7-8-22(19(25)26)17(10-21)20(2,3)4/h5-6,16-17,23H,7-11H2,1-4H3,(H,25,26)/t16-,17?/m0/s1. The Balaban J connectivity index is 1.74. The molecule has 0 aromatic heterocycles. The van der Waals surface area contributed by atoms with E-state index < -0.39 is 12.2 Å². The Hall–Kier alpha value is -2.12. The summed E-state index contributed by atoms with van der Waals surface area (Å²) in [5.74, 6) is -0.313. The van der Waals surface area contributed by atoms with Gasteiger partial charge in [-0.1, -0.05) is 26.8 Å². The van der Waals surface area contributed by atoms with Crippen LogP contribution in [0.25, 0.3) is 0 Å². The highest BCUT2D eigenvalue weighted by molar-refractivity contribution is 5.93. The molecule has 2 heterocycles. The molecule has 2 N–H and O–H groups in total. The molecule has 7 heteroatoms. The molecule has 1 saturated heterocycles. The van der Waals surface area contributed by atoms with E-state index in [-0.39, 0.29) is 24.0 Å². The number of amides is 1. The van der Waals surface area contributed by atoms with E-state index in [4.69, 9.17) is 4.74 Å². The molecular weight excluding hydrogens is 348 g/mol. The zero-order valence-corrected chi connectivity index (χ0v) is 16.4. The van der Waals surface area contributed by atoms with Crippen molar-refractivity contribution in [3.8, 4) is 0 Å². The van der Waals surface area contributed by atoms with Crippen LogP contribution in [0.1, 0.15) is 53.9 Å². The first-order valence-corrected chi connectivity index (χ1v) is 9.29. The predicted molar refractivity (Wildman–Crippen MR) is 99.7 cm³/mol. The van der Waals surface area contributed by atoms with Crippen molar-refractivity contribution in [2.75, 3.05) is 26.2 Å². The zero-order valence-electron chi connectivity index (χ0n) is 16.4. The normalized spacial score (nSPS) is 21.7. The van der Waals surface area contributed by atoms with Crippen LogP contribution in [0.4, 0.5) is 4.79 Å². The van der Waals surface area contributed by atoms with Gasteiger partial charge < -0.3 is 19.8 Å². The average molecular weight is 376 g/mol. The molecule has 0 spiro atoms. The smallest absolute Gasteiger partial charge is 0.407 e.